The molecule has 0 fully saturated rings. The van der Waals surface area contributed by atoms with Crippen molar-refractivity contribution in [1.29, 1.82) is 0 Å². The first-order valence-electron chi connectivity index (χ1n) is 17.2. The molecular formula is C38H37ClN8O5S. The predicted molar refractivity (Wildman–Crippen MR) is 204 cm³/mol. The fourth-order valence-electron chi connectivity index (χ4n) is 6.18. The Morgan fingerprint density at radius 1 is 1.00 bits per heavy atom. The average molecular weight is 753 g/mol. The van der Waals surface area contributed by atoms with Crippen LogP contribution in [0.2, 0.25) is 5.02 Å². The van der Waals surface area contributed by atoms with Gasteiger partial charge in [-0.25, -0.2) is 4.79 Å². The Morgan fingerprint density at radius 3 is 2.62 bits per heavy atom. The molecule has 4 aromatic heterocycles. The molecule has 0 unspecified atom stereocenters. The second-order valence-corrected chi connectivity index (χ2v) is 14.3. The Kier molecular flexibility index (Phi) is 10.6. The summed E-state index contributed by atoms with van der Waals surface area (Å²) in [6.45, 7) is 8.02. The molecule has 2 aromatic carbocycles. The van der Waals surface area contributed by atoms with Gasteiger partial charge in [0.1, 0.15) is 22.6 Å². The normalized spacial score (nSPS) is 13.7. The second-order valence-electron chi connectivity index (χ2n) is 12.7. The molecule has 0 spiro atoms. The summed E-state index contributed by atoms with van der Waals surface area (Å²) in [6, 6.07) is 15.7. The SMILES string of the molecule is Cc1sc2c(c1C)C(c1ccc(Cl)cc1)=N[C@H](CC(=O)NCCCOCCCOc1ccc3ncc(-n4ccc(=O)[nH]c4=O)cc3c1)c1nnc(C)n1-2. The zero-order valence-electron chi connectivity index (χ0n) is 29.4. The van der Waals surface area contributed by atoms with Crippen LogP contribution in [0.5, 0.6) is 5.75 Å². The van der Waals surface area contributed by atoms with E-state index in [9.17, 15) is 14.4 Å². The number of nitrogens with zero attached hydrogens (tertiary/aromatic N) is 6. The Labute approximate surface area is 313 Å². The summed E-state index contributed by atoms with van der Waals surface area (Å²) >= 11 is 7.89. The Hall–Kier alpha value is -5.44. The zero-order valence-corrected chi connectivity index (χ0v) is 31.0. The lowest BCUT2D eigenvalue weighted by Crippen LogP contribution is -2.27. The predicted octanol–water partition coefficient (Wildman–Crippen LogP) is 5.57. The van der Waals surface area contributed by atoms with E-state index in [1.807, 2.05) is 60.0 Å². The van der Waals surface area contributed by atoms with Crippen molar-refractivity contribution in [2.24, 2.45) is 4.99 Å². The quantitative estimate of drug-likeness (QED) is 0.145. The second kappa shape index (κ2) is 15.7. The number of hydrogen-bond donors (Lipinski definition) is 2. The number of aliphatic imine (C=N–C) groups is 1. The third-order valence-electron chi connectivity index (χ3n) is 8.97. The van der Waals surface area contributed by atoms with Crippen LogP contribution in [0.3, 0.4) is 0 Å². The van der Waals surface area contributed by atoms with Gasteiger partial charge in [0.05, 0.1) is 36.1 Å². The molecule has 15 heteroatoms. The van der Waals surface area contributed by atoms with Crippen molar-refractivity contribution in [3.63, 3.8) is 0 Å². The maximum absolute atomic E-state index is 13.2. The number of aryl methyl sites for hydroxylation is 2. The molecule has 2 N–H and O–H groups in total. The number of H-pyrrole nitrogens is 1. The lowest BCUT2D eigenvalue weighted by Gasteiger charge is -2.13. The van der Waals surface area contributed by atoms with Crippen LogP contribution in [0.1, 0.15) is 58.5 Å². The van der Waals surface area contributed by atoms with Gasteiger partial charge in [-0.05, 0) is 69.2 Å². The van der Waals surface area contributed by atoms with Crippen LogP contribution in [-0.2, 0) is 9.53 Å². The number of benzene rings is 2. The number of ether oxygens (including phenoxy) is 2. The molecule has 13 nitrogen and oxygen atoms in total. The van der Waals surface area contributed by atoms with Crippen molar-refractivity contribution in [3.8, 4) is 16.4 Å². The summed E-state index contributed by atoms with van der Waals surface area (Å²) < 4.78 is 15.1. The fourth-order valence-corrected chi connectivity index (χ4v) is 7.52. The Morgan fingerprint density at radius 2 is 1.81 bits per heavy atom. The summed E-state index contributed by atoms with van der Waals surface area (Å²) in [5.41, 5.74) is 4.18. The maximum Gasteiger partial charge on any atom is 0.332 e. The molecule has 7 rings (SSSR count). The van der Waals surface area contributed by atoms with E-state index >= 15 is 0 Å². The molecule has 0 bridgehead atoms. The van der Waals surface area contributed by atoms with Crippen molar-refractivity contribution in [3.05, 3.63) is 126 Å². The van der Waals surface area contributed by atoms with Gasteiger partial charge in [-0.1, -0.05) is 23.7 Å². The fraction of sp³-hybridized carbons (Fsp3) is 0.289. The zero-order chi connectivity index (χ0) is 37.1. The van der Waals surface area contributed by atoms with Crippen molar-refractivity contribution in [2.75, 3.05) is 26.4 Å². The molecule has 0 saturated heterocycles. The number of aromatic nitrogens is 6. The Balaban J connectivity index is 0.889. The lowest BCUT2D eigenvalue weighted by atomic mass is 9.99. The molecule has 0 saturated carbocycles. The summed E-state index contributed by atoms with van der Waals surface area (Å²) in [7, 11) is 0. The molecule has 1 amide bonds. The van der Waals surface area contributed by atoms with E-state index in [1.165, 1.54) is 21.7 Å². The van der Waals surface area contributed by atoms with Crippen LogP contribution in [0.15, 0.2) is 81.6 Å². The topological polar surface area (TPSA) is 158 Å². The minimum absolute atomic E-state index is 0.123. The molecule has 1 aliphatic heterocycles. The maximum atomic E-state index is 13.2. The number of rotatable bonds is 13. The summed E-state index contributed by atoms with van der Waals surface area (Å²) in [4.78, 5) is 49.9. The summed E-state index contributed by atoms with van der Waals surface area (Å²) in [6.07, 6.45) is 4.44. The van der Waals surface area contributed by atoms with Gasteiger partial charge < -0.3 is 14.8 Å². The van der Waals surface area contributed by atoms with E-state index in [-0.39, 0.29) is 12.3 Å². The van der Waals surface area contributed by atoms with Crippen molar-refractivity contribution >= 4 is 45.5 Å². The van der Waals surface area contributed by atoms with Crippen molar-refractivity contribution < 1.29 is 14.3 Å². The highest BCUT2D eigenvalue weighted by molar-refractivity contribution is 7.15. The van der Waals surface area contributed by atoms with Gasteiger partial charge in [0.15, 0.2) is 5.82 Å². The first-order chi connectivity index (χ1) is 25.7. The molecule has 1 aliphatic rings. The average Bonchev–Trinajstić information content (AvgIpc) is 3.62. The number of pyridine rings is 1. The molecule has 1 atom stereocenters. The number of nitrogens with one attached hydrogen (secondary N) is 2. The Bertz CT molecular complexity index is 2450. The third-order valence-corrected chi connectivity index (χ3v) is 10.4. The van der Waals surface area contributed by atoms with Crippen LogP contribution in [0, 0.1) is 20.8 Å². The first-order valence-corrected chi connectivity index (χ1v) is 18.4. The van der Waals surface area contributed by atoms with Crippen LogP contribution < -0.4 is 21.3 Å². The highest BCUT2D eigenvalue weighted by atomic mass is 35.5. The monoisotopic (exact) mass is 752 g/mol. The van der Waals surface area contributed by atoms with Crippen molar-refractivity contribution in [1.82, 2.24) is 34.6 Å². The lowest BCUT2D eigenvalue weighted by molar-refractivity contribution is -0.121. The number of carbonyl (C=O) groups is 1. The number of thiophene rings is 1. The van der Waals surface area contributed by atoms with E-state index in [0.29, 0.717) is 61.5 Å². The number of fused-ring (bicyclic) bond motifs is 4. The molecule has 6 aromatic rings. The third kappa shape index (κ3) is 7.84. The van der Waals surface area contributed by atoms with E-state index in [2.05, 4.69) is 39.3 Å². The standard InChI is InChI=1S/C38H37ClN8O5S/c1-22-23(2)53-37-34(22)35(25-6-8-27(39)9-7-25)42-31(36-45-44-24(3)47(36)37)20-33(49)40-13-4-15-51-16-5-17-52-29-10-11-30-26(19-29)18-28(21-41-30)46-14-12-32(48)43-38(46)50/h6-12,14,18-19,21,31H,4-5,13,15-17,20H2,1-3H3,(H,40,49)(H,43,48,50)/t31-/m1/s1. The molecule has 5 heterocycles. The van der Waals surface area contributed by atoms with Gasteiger partial charge in [-0.3, -0.25) is 33.7 Å². The smallest absolute Gasteiger partial charge is 0.332 e. The summed E-state index contributed by atoms with van der Waals surface area (Å²) in [5.74, 6) is 1.92. The number of aromatic amines is 1. The van der Waals surface area contributed by atoms with Crippen LogP contribution in [0.25, 0.3) is 21.6 Å². The molecular weight excluding hydrogens is 716 g/mol. The molecule has 0 radical (unpaired) electrons. The number of halogens is 1. The minimum Gasteiger partial charge on any atom is -0.493 e. The largest absolute Gasteiger partial charge is 0.493 e. The minimum atomic E-state index is -0.536. The van der Waals surface area contributed by atoms with E-state index in [1.54, 1.807) is 17.5 Å². The number of amides is 1. The van der Waals surface area contributed by atoms with E-state index < -0.39 is 17.3 Å². The number of carbonyl (C=O) groups excluding carboxylic acids is 1. The van der Waals surface area contributed by atoms with E-state index in [4.69, 9.17) is 26.1 Å². The molecule has 53 heavy (non-hydrogen) atoms. The molecule has 0 aliphatic carbocycles. The van der Waals surface area contributed by atoms with Gasteiger partial charge in [-0.2, -0.15) is 0 Å². The molecule has 272 valence electrons. The van der Waals surface area contributed by atoms with Crippen molar-refractivity contribution in [2.45, 2.75) is 46.1 Å². The van der Waals surface area contributed by atoms with Gasteiger partial charge in [-0.15, -0.1) is 21.5 Å². The van der Waals surface area contributed by atoms with Crippen LogP contribution in [-0.4, -0.2) is 67.3 Å². The van der Waals surface area contributed by atoms with Gasteiger partial charge >= 0.3 is 5.69 Å². The summed E-state index contributed by atoms with van der Waals surface area (Å²) in [5, 5.41) is 14.3. The van der Waals surface area contributed by atoms with Crippen LogP contribution >= 0.6 is 22.9 Å². The highest BCUT2D eigenvalue weighted by Crippen LogP contribution is 2.39. The number of hydrogen-bond acceptors (Lipinski definition) is 10. The first kappa shape index (κ1) is 35.9. The highest BCUT2D eigenvalue weighted by Gasteiger charge is 2.32. The van der Waals surface area contributed by atoms with Crippen LogP contribution in [0.4, 0.5) is 0 Å². The van der Waals surface area contributed by atoms with Gasteiger partial charge in [0.2, 0.25) is 5.91 Å². The van der Waals surface area contributed by atoms with E-state index in [0.717, 1.165) is 44.1 Å². The van der Waals surface area contributed by atoms with Gasteiger partial charge in [0, 0.05) is 64.9 Å². The van der Waals surface area contributed by atoms with Gasteiger partial charge in [0.25, 0.3) is 5.56 Å².